The van der Waals surface area contributed by atoms with Crippen molar-refractivity contribution in [3.8, 4) is 0 Å². The van der Waals surface area contributed by atoms with Crippen molar-refractivity contribution < 1.29 is 0 Å². The number of likely N-dealkylation sites (tertiary alicyclic amines) is 1. The molecule has 6 N–H and O–H groups in total. The van der Waals surface area contributed by atoms with Gasteiger partial charge in [0.25, 0.3) is 0 Å². The Balaban J connectivity index is 1.19. The summed E-state index contributed by atoms with van der Waals surface area (Å²) in [5.74, 6) is 6.97. The number of nitrogens with zero attached hydrogens (tertiary/aromatic N) is 5. The molecule has 0 bridgehead atoms. The topological polar surface area (TPSA) is 121 Å². The summed E-state index contributed by atoms with van der Waals surface area (Å²) < 4.78 is 0. The van der Waals surface area contributed by atoms with Gasteiger partial charge in [-0.1, -0.05) is 12.6 Å². The number of piperidine rings is 1. The number of hydrazine groups is 1. The minimum absolute atomic E-state index is 0.512. The summed E-state index contributed by atoms with van der Waals surface area (Å²) in [6, 6.07) is 10.4. The molecule has 2 aromatic heterocycles. The van der Waals surface area contributed by atoms with Crippen LogP contribution in [-0.2, 0) is 13.1 Å². The van der Waals surface area contributed by atoms with Crippen LogP contribution < -0.4 is 22.3 Å². The van der Waals surface area contributed by atoms with Crippen LogP contribution in [0.5, 0.6) is 0 Å². The van der Waals surface area contributed by atoms with E-state index >= 15 is 0 Å². The van der Waals surface area contributed by atoms with E-state index in [0.29, 0.717) is 17.7 Å². The van der Waals surface area contributed by atoms with Crippen molar-refractivity contribution in [2.45, 2.75) is 45.8 Å². The molecule has 0 saturated carbocycles. The first kappa shape index (κ1) is 23.1. The number of anilines is 4. The van der Waals surface area contributed by atoms with Gasteiger partial charge in [-0.3, -0.25) is 10.7 Å². The molecular formula is C26H33N9. The van der Waals surface area contributed by atoms with E-state index in [1.54, 1.807) is 0 Å². The maximum absolute atomic E-state index is 5.95. The largest absolute Gasteiger partial charge is 0.397 e. The SMILES string of the molecule is C=C(c1ccc(N)c(NN)c1)N1CCC(N2Cc3cnc(Nc4cc(C)cc(C)n4)nc3C2)CC1. The van der Waals surface area contributed by atoms with Gasteiger partial charge in [0, 0.05) is 55.4 Å². The molecule has 5 rings (SSSR count). The molecule has 0 radical (unpaired) electrons. The Morgan fingerprint density at radius 2 is 1.89 bits per heavy atom. The number of nitrogens with two attached hydrogens (primary N) is 2. The molecule has 0 aliphatic carbocycles. The standard InChI is InChI=1S/C26H33N9/c1-16-10-17(2)30-25(11-16)32-26-29-13-20-14-35(15-24(20)31-26)21-6-8-34(9-7-21)18(3)19-4-5-22(27)23(12-19)33-28/h4-5,10-13,21,33H,3,6-9,14-15,27-28H2,1-2H3,(H,29,30,31,32). The highest BCUT2D eigenvalue weighted by atomic mass is 15.2. The molecule has 4 heterocycles. The average Bonchev–Trinajstić information content (AvgIpc) is 3.27. The Kier molecular flexibility index (Phi) is 6.27. The highest BCUT2D eigenvalue weighted by Gasteiger charge is 2.30. The Bertz CT molecular complexity index is 1230. The minimum Gasteiger partial charge on any atom is -0.397 e. The van der Waals surface area contributed by atoms with E-state index in [9.17, 15) is 0 Å². The number of aromatic nitrogens is 3. The number of rotatable bonds is 6. The van der Waals surface area contributed by atoms with Crippen LogP contribution in [0.25, 0.3) is 5.70 Å². The molecule has 1 fully saturated rings. The van der Waals surface area contributed by atoms with Crippen molar-refractivity contribution in [3.05, 3.63) is 71.2 Å². The zero-order valence-electron chi connectivity index (χ0n) is 20.4. The average molecular weight is 472 g/mol. The van der Waals surface area contributed by atoms with Crippen LogP contribution in [0, 0.1) is 13.8 Å². The Hall–Kier alpha value is -3.69. The van der Waals surface area contributed by atoms with E-state index in [0.717, 1.165) is 78.7 Å². The summed E-state index contributed by atoms with van der Waals surface area (Å²) in [6.45, 7) is 12.1. The molecule has 0 amide bonds. The summed E-state index contributed by atoms with van der Waals surface area (Å²) >= 11 is 0. The minimum atomic E-state index is 0.512. The number of aryl methyl sites for hydroxylation is 2. The molecule has 0 unspecified atom stereocenters. The third-order valence-corrected chi connectivity index (χ3v) is 6.92. The van der Waals surface area contributed by atoms with Gasteiger partial charge in [-0.2, -0.15) is 0 Å². The highest BCUT2D eigenvalue weighted by molar-refractivity contribution is 5.73. The van der Waals surface area contributed by atoms with Crippen molar-refractivity contribution in [2.75, 3.05) is 29.6 Å². The number of nitrogens with one attached hydrogen (secondary N) is 2. The van der Waals surface area contributed by atoms with Gasteiger partial charge in [0.05, 0.1) is 17.1 Å². The van der Waals surface area contributed by atoms with Gasteiger partial charge >= 0.3 is 0 Å². The second-order valence-electron chi connectivity index (χ2n) is 9.48. The maximum Gasteiger partial charge on any atom is 0.228 e. The monoisotopic (exact) mass is 471 g/mol. The fraction of sp³-hybridized carbons (Fsp3) is 0.346. The van der Waals surface area contributed by atoms with Crippen molar-refractivity contribution in [1.82, 2.24) is 24.8 Å². The zero-order valence-corrected chi connectivity index (χ0v) is 20.4. The van der Waals surface area contributed by atoms with Crippen LogP contribution >= 0.6 is 0 Å². The van der Waals surface area contributed by atoms with E-state index in [-0.39, 0.29) is 0 Å². The lowest BCUT2D eigenvalue weighted by Crippen LogP contribution is -2.42. The fourth-order valence-electron chi connectivity index (χ4n) is 5.06. The molecule has 35 heavy (non-hydrogen) atoms. The second kappa shape index (κ2) is 9.52. The summed E-state index contributed by atoms with van der Waals surface area (Å²) in [4.78, 5) is 18.8. The number of fused-ring (bicyclic) bond motifs is 1. The maximum atomic E-state index is 5.95. The van der Waals surface area contributed by atoms with E-state index in [1.807, 2.05) is 37.4 Å². The molecule has 0 spiro atoms. The Morgan fingerprint density at radius 1 is 1.09 bits per heavy atom. The molecule has 2 aliphatic heterocycles. The third-order valence-electron chi connectivity index (χ3n) is 6.92. The lowest BCUT2D eigenvalue weighted by atomic mass is 10.0. The predicted octanol–water partition coefficient (Wildman–Crippen LogP) is 3.55. The molecule has 0 atom stereocenters. The lowest BCUT2D eigenvalue weighted by molar-refractivity contribution is 0.131. The van der Waals surface area contributed by atoms with Crippen molar-refractivity contribution in [2.24, 2.45) is 5.84 Å². The fourth-order valence-corrected chi connectivity index (χ4v) is 5.06. The normalized spacial score (nSPS) is 16.3. The van der Waals surface area contributed by atoms with Crippen molar-refractivity contribution >= 4 is 28.8 Å². The molecule has 1 saturated heterocycles. The van der Waals surface area contributed by atoms with Gasteiger partial charge in [-0.05, 0) is 62.1 Å². The third kappa shape index (κ3) is 4.91. The van der Waals surface area contributed by atoms with Gasteiger partial charge in [-0.25, -0.2) is 15.0 Å². The smallest absolute Gasteiger partial charge is 0.228 e. The quantitative estimate of drug-likeness (QED) is 0.243. The molecule has 3 aromatic rings. The number of hydrogen-bond acceptors (Lipinski definition) is 9. The Labute approximate surface area is 206 Å². The van der Waals surface area contributed by atoms with Gasteiger partial charge in [0.15, 0.2) is 0 Å². The molecule has 1 aromatic carbocycles. The zero-order chi connectivity index (χ0) is 24.5. The van der Waals surface area contributed by atoms with E-state index in [4.69, 9.17) is 16.6 Å². The molecular weight excluding hydrogens is 438 g/mol. The predicted molar refractivity (Wildman–Crippen MR) is 141 cm³/mol. The molecule has 182 valence electrons. The summed E-state index contributed by atoms with van der Waals surface area (Å²) in [5.41, 5.74) is 16.4. The van der Waals surface area contributed by atoms with E-state index in [2.05, 4.69) is 50.1 Å². The number of nitrogen functional groups attached to an aromatic ring is 2. The number of pyridine rings is 1. The van der Waals surface area contributed by atoms with Crippen LogP contribution in [-0.4, -0.2) is 43.9 Å². The van der Waals surface area contributed by atoms with Gasteiger partial charge < -0.3 is 21.4 Å². The first-order valence-corrected chi connectivity index (χ1v) is 12.0. The molecule has 9 heteroatoms. The molecule has 2 aliphatic rings. The number of benzene rings is 1. The highest BCUT2D eigenvalue weighted by Crippen LogP contribution is 2.31. The van der Waals surface area contributed by atoms with Crippen molar-refractivity contribution in [1.29, 1.82) is 0 Å². The summed E-state index contributed by atoms with van der Waals surface area (Å²) in [5, 5.41) is 3.27. The number of hydrogen-bond donors (Lipinski definition) is 4. The second-order valence-corrected chi connectivity index (χ2v) is 9.48. The molecule has 9 nitrogen and oxygen atoms in total. The van der Waals surface area contributed by atoms with Crippen LogP contribution in [0.2, 0.25) is 0 Å². The van der Waals surface area contributed by atoms with Crippen molar-refractivity contribution in [3.63, 3.8) is 0 Å². The van der Waals surface area contributed by atoms with Crippen LogP contribution in [0.3, 0.4) is 0 Å². The Morgan fingerprint density at radius 3 is 2.63 bits per heavy atom. The van der Waals surface area contributed by atoms with E-state index in [1.165, 1.54) is 5.56 Å². The summed E-state index contributed by atoms with van der Waals surface area (Å²) in [7, 11) is 0. The summed E-state index contributed by atoms with van der Waals surface area (Å²) in [6.07, 6.45) is 4.11. The van der Waals surface area contributed by atoms with Gasteiger partial charge in [0.2, 0.25) is 5.95 Å². The van der Waals surface area contributed by atoms with E-state index < -0.39 is 0 Å². The van der Waals surface area contributed by atoms with Crippen LogP contribution in [0.4, 0.5) is 23.1 Å². The first-order chi connectivity index (χ1) is 16.9. The van der Waals surface area contributed by atoms with Gasteiger partial charge in [-0.15, -0.1) is 0 Å². The van der Waals surface area contributed by atoms with Crippen LogP contribution in [0.1, 0.15) is 40.9 Å². The lowest BCUT2D eigenvalue weighted by Gasteiger charge is -2.38. The van der Waals surface area contributed by atoms with Crippen LogP contribution in [0.15, 0.2) is 43.1 Å². The first-order valence-electron chi connectivity index (χ1n) is 12.0. The van der Waals surface area contributed by atoms with Gasteiger partial charge in [0.1, 0.15) is 5.82 Å².